The Bertz CT molecular complexity index is 1370. The summed E-state index contributed by atoms with van der Waals surface area (Å²) in [5.74, 6) is 1.35. The van der Waals surface area contributed by atoms with Gasteiger partial charge in [0.15, 0.2) is 0 Å². The van der Waals surface area contributed by atoms with Gasteiger partial charge in [0, 0.05) is 31.9 Å². The highest BCUT2D eigenvalue weighted by Gasteiger charge is 2.32. The van der Waals surface area contributed by atoms with Crippen LogP contribution >= 0.6 is 0 Å². The Labute approximate surface area is 230 Å². The molecular formula is C29H35N3O6S. The first kappa shape index (κ1) is 28.1. The molecule has 1 heterocycles. The van der Waals surface area contributed by atoms with Crippen LogP contribution in [0.3, 0.4) is 0 Å². The lowest BCUT2D eigenvalue weighted by atomic mass is 10.2. The number of anilines is 2. The van der Waals surface area contributed by atoms with Crippen molar-refractivity contribution in [3.8, 4) is 17.2 Å². The molecule has 0 aliphatic carbocycles. The second-order valence-electron chi connectivity index (χ2n) is 9.16. The highest BCUT2D eigenvalue weighted by Crippen LogP contribution is 2.32. The van der Waals surface area contributed by atoms with Crippen LogP contribution in [0.2, 0.25) is 0 Å². The zero-order valence-electron chi connectivity index (χ0n) is 22.8. The van der Waals surface area contributed by atoms with E-state index in [2.05, 4.69) is 4.90 Å². The minimum Gasteiger partial charge on any atom is -0.497 e. The second-order valence-corrected chi connectivity index (χ2v) is 11.0. The predicted octanol–water partition coefficient (Wildman–Crippen LogP) is 3.96. The first-order valence-electron chi connectivity index (χ1n) is 12.8. The van der Waals surface area contributed by atoms with E-state index in [9.17, 15) is 13.2 Å². The third-order valence-corrected chi connectivity index (χ3v) is 8.47. The van der Waals surface area contributed by atoms with Gasteiger partial charge in [-0.2, -0.15) is 0 Å². The zero-order valence-corrected chi connectivity index (χ0v) is 23.6. The molecule has 1 aliphatic heterocycles. The van der Waals surface area contributed by atoms with Crippen LogP contribution < -0.4 is 23.4 Å². The van der Waals surface area contributed by atoms with Gasteiger partial charge in [-0.1, -0.05) is 6.07 Å². The van der Waals surface area contributed by atoms with Crippen molar-refractivity contribution in [3.63, 3.8) is 0 Å². The SMILES string of the molecule is CCOc1ccc(N(CC(=O)N2CCN(c3ccc(OC)cc3)CC2)S(=O)(=O)c2cc(C)ccc2OC)cc1. The van der Waals surface area contributed by atoms with Crippen LogP contribution in [0.4, 0.5) is 11.4 Å². The summed E-state index contributed by atoms with van der Waals surface area (Å²) in [6.07, 6.45) is 0. The maximum absolute atomic E-state index is 14.0. The van der Waals surface area contributed by atoms with Gasteiger partial charge in [0.2, 0.25) is 5.91 Å². The third-order valence-electron chi connectivity index (χ3n) is 6.67. The molecule has 1 fully saturated rings. The largest absolute Gasteiger partial charge is 0.497 e. The molecule has 0 N–H and O–H groups in total. The van der Waals surface area contributed by atoms with Gasteiger partial charge < -0.3 is 24.0 Å². The van der Waals surface area contributed by atoms with Crippen LogP contribution in [0.1, 0.15) is 12.5 Å². The topological polar surface area (TPSA) is 88.6 Å². The molecule has 0 saturated carbocycles. The number of hydrogen-bond donors (Lipinski definition) is 0. The summed E-state index contributed by atoms with van der Waals surface area (Å²) in [6.45, 7) is 6.08. The van der Waals surface area contributed by atoms with Crippen molar-refractivity contribution in [1.29, 1.82) is 0 Å². The van der Waals surface area contributed by atoms with Crippen LogP contribution in [-0.4, -0.2) is 72.8 Å². The van der Waals surface area contributed by atoms with Gasteiger partial charge in [-0.3, -0.25) is 9.10 Å². The first-order chi connectivity index (χ1) is 18.8. The number of nitrogens with zero attached hydrogens (tertiary/aromatic N) is 3. The van der Waals surface area contributed by atoms with Gasteiger partial charge in [0.25, 0.3) is 10.0 Å². The fraction of sp³-hybridized carbons (Fsp3) is 0.345. The molecule has 208 valence electrons. The molecule has 4 rings (SSSR count). The Hall–Kier alpha value is -3.92. The summed E-state index contributed by atoms with van der Waals surface area (Å²) in [5, 5.41) is 0. The van der Waals surface area contributed by atoms with E-state index < -0.39 is 10.0 Å². The fourth-order valence-corrected chi connectivity index (χ4v) is 6.18. The first-order valence-corrected chi connectivity index (χ1v) is 14.3. The quantitative estimate of drug-likeness (QED) is 0.376. The highest BCUT2D eigenvalue weighted by molar-refractivity contribution is 7.93. The minimum atomic E-state index is -4.14. The van der Waals surface area contributed by atoms with Crippen molar-refractivity contribution in [2.45, 2.75) is 18.7 Å². The van der Waals surface area contributed by atoms with Gasteiger partial charge >= 0.3 is 0 Å². The van der Waals surface area contributed by atoms with Crippen LogP contribution in [0.25, 0.3) is 0 Å². The number of piperazine rings is 1. The molecule has 1 amide bonds. The summed E-state index contributed by atoms with van der Waals surface area (Å²) in [4.78, 5) is 17.4. The van der Waals surface area contributed by atoms with Crippen molar-refractivity contribution in [2.24, 2.45) is 0 Å². The molecule has 0 aromatic heterocycles. The lowest BCUT2D eigenvalue weighted by Crippen LogP contribution is -2.52. The van der Waals surface area contributed by atoms with Crippen LogP contribution in [0, 0.1) is 6.92 Å². The van der Waals surface area contributed by atoms with E-state index >= 15 is 0 Å². The Morgan fingerprint density at radius 3 is 2.10 bits per heavy atom. The average Bonchev–Trinajstić information content (AvgIpc) is 2.96. The fourth-order valence-electron chi connectivity index (χ4n) is 4.52. The van der Waals surface area contributed by atoms with Crippen LogP contribution in [-0.2, 0) is 14.8 Å². The number of carbonyl (C=O) groups excluding carboxylic acids is 1. The normalized spacial score (nSPS) is 13.6. The highest BCUT2D eigenvalue weighted by atomic mass is 32.2. The van der Waals surface area contributed by atoms with Crippen molar-refractivity contribution >= 4 is 27.3 Å². The third kappa shape index (κ3) is 6.39. The number of carbonyl (C=O) groups is 1. The lowest BCUT2D eigenvalue weighted by Gasteiger charge is -2.37. The number of methoxy groups -OCH3 is 2. The Balaban J connectivity index is 1.57. The van der Waals surface area contributed by atoms with Crippen LogP contribution in [0.5, 0.6) is 17.2 Å². The van der Waals surface area contributed by atoms with Gasteiger partial charge in [-0.25, -0.2) is 8.42 Å². The molecule has 3 aromatic rings. The van der Waals surface area contributed by atoms with E-state index in [4.69, 9.17) is 14.2 Å². The number of benzene rings is 3. The molecule has 0 bridgehead atoms. The van der Waals surface area contributed by atoms with Crippen molar-refractivity contribution < 1.29 is 27.4 Å². The Morgan fingerprint density at radius 2 is 1.51 bits per heavy atom. The van der Waals surface area contributed by atoms with E-state index in [1.165, 1.54) is 7.11 Å². The van der Waals surface area contributed by atoms with Gasteiger partial charge in [0.05, 0.1) is 26.5 Å². The van der Waals surface area contributed by atoms with Gasteiger partial charge in [-0.15, -0.1) is 0 Å². The van der Waals surface area contributed by atoms with E-state index in [1.54, 1.807) is 54.5 Å². The number of amides is 1. The Kier molecular flexibility index (Phi) is 8.86. The molecule has 1 aliphatic rings. The number of hydrogen-bond acceptors (Lipinski definition) is 7. The number of aryl methyl sites for hydroxylation is 1. The zero-order chi connectivity index (χ0) is 28.0. The summed E-state index contributed by atoms with van der Waals surface area (Å²) in [6, 6.07) is 19.5. The average molecular weight is 554 g/mol. The smallest absolute Gasteiger partial charge is 0.268 e. The maximum Gasteiger partial charge on any atom is 0.268 e. The lowest BCUT2D eigenvalue weighted by molar-refractivity contribution is -0.129. The van der Waals surface area contributed by atoms with Crippen molar-refractivity contribution in [3.05, 3.63) is 72.3 Å². The standard InChI is InChI=1S/C29H35N3O6S/c1-5-38-26-13-9-24(10-14-26)32(39(34,35)28-20-22(2)6-15-27(28)37-4)21-29(33)31-18-16-30(17-19-31)23-7-11-25(36-3)12-8-23/h6-15,20H,5,16-19,21H2,1-4H3. The monoisotopic (exact) mass is 553 g/mol. The van der Waals surface area contributed by atoms with E-state index in [1.807, 2.05) is 38.1 Å². The van der Waals surface area contributed by atoms with Gasteiger partial charge in [0.1, 0.15) is 28.7 Å². The molecule has 9 nitrogen and oxygen atoms in total. The molecule has 39 heavy (non-hydrogen) atoms. The molecule has 3 aromatic carbocycles. The van der Waals surface area contributed by atoms with Crippen molar-refractivity contribution in [1.82, 2.24) is 4.90 Å². The summed E-state index contributed by atoms with van der Waals surface area (Å²) in [7, 11) is -1.08. The van der Waals surface area contributed by atoms with E-state index in [0.717, 1.165) is 21.3 Å². The Morgan fingerprint density at radius 1 is 0.872 bits per heavy atom. The molecule has 0 unspecified atom stereocenters. The van der Waals surface area contributed by atoms with Crippen LogP contribution in [0.15, 0.2) is 71.6 Å². The van der Waals surface area contributed by atoms with Gasteiger partial charge in [-0.05, 0) is 80.1 Å². The molecule has 10 heteroatoms. The van der Waals surface area contributed by atoms with E-state index in [-0.39, 0.29) is 23.1 Å². The summed E-state index contributed by atoms with van der Waals surface area (Å²) < 4.78 is 45.3. The number of sulfonamides is 1. The minimum absolute atomic E-state index is 0.0102. The molecular weight excluding hydrogens is 518 g/mol. The van der Waals surface area contributed by atoms with Crippen molar-refractivity contribution in [2.75, 3.05) is 62.8 Å². The summed E-state index contributed by atoms with van der Waals surface area (Å²) in [5.41, 5.74) is 2.18. The van der Waals surface area contributed by atoms with E-state index in [0.29, 0.717) is 44.2 Å². The molecule has 0 radical (unpaired) electrons. The number of rotatable bonds is 10. The maximum atomic E-state index is 14.0. The second kappa shape index (κ2) is 12.3. The number of ether oxygens (including phenoxy) is 3. The predicted molar refractivity (Wildman–Crippen MR) is 152 cm³/mol. The molecule has 1 saturated heterocycles. The molecule has 0 spiro atoms. The molecule has 0 atom stereocenters. The summed E-state index contributed by atoms with van der Waals surface area (Å²) >= 11 is 0.